The van der Waals surface area contributed by atoms with Crippen LogP contribution in [0.25, 0.3) is 0 Å². The highest BCUT2D eigenvalue weighted by atomic mass is 16.5. The average molecular weight is 309 g/mol. The van der Waals surface area contributed by atoms with E-state index in [9.17, 15) is 4.79 Å². The molecule has 1 saturated heterocycles. The van der Waals surface area contributed by atoms with E-state index in [0.717, 1.165) is 31.4 Å². The maximum Gasteiger partial charge on any atom is 0.256 e. The summed E-state index contributed by atoms with van der Waals surface area (Å²) >= 11 is 0. The molecule has 23 heavy (non-hydrogen) atoms. The molecule has 3 heteroatoms. The molecule has 0 aliphatic carbocycles. The van der Waals surface area contributed by atoms with Crippen LogP contribution in [0.5, 0.6) is 0 Å². The minimum Gasteiger partial charge on any atom is -0.367 e. The number of ether oxygens (including phenoxy) is 1. The number of likely N-dealkylation sites (tertiary alicyclic amines) is 1. The van der Waals surface area contributed by atoms with Gasteiger partial charge in [-0.3, -0.25) is 4.79 Å². The average Bonchev–Trinajstić information content (AvgIpc) is 2.64. The molecule has 0 radical (unpaired) electrons. The molecule has 1 aliphatic heterocycles. The zero-order valence-corrected chi connectivity index (χ0v) is 13.5. The van der Waals surface area contributed by atoms with Gasteiger partial charge in [0.25, 0.3) is 5.91 Å². The fraction of sp³-hybridized carbons (Fsp3) is 0.350. The van der Waals surface area contributed by atoms with E-state index in [1.807, 2.05) is 53.4 Å². The number of hydrogen-bond acceptors (Lipinski definition) is 2. The number of carbonyl (C=O) groups excluding carboxylic acids is 1. The van der Waals surface area contributed by atoms with Gasteiger partial charge in [0, 0.05) is 13.7 Å². The Morgan fingerprint density at radius 2 is 1.70 bits per heavy atom. The van der Waals surface area contributed by atoms with Crippen LogP contribution >= 0.6 is 0 Å². The van der Waals surface area contributed by atoms with Crippen molar-refractivity contribution in [3.63, 3.8) is 0 Å². The van der Waals surface area contributed by atoms with Crippen LogP contribution in [0.2, 0.25) is 0 Å². The molecular formula is C20H23NO2. The number of amides is 1. The number of rotatable bonds is 4. The third kappa shape index (κ3) is 3.45. The summed E-state index contributed by atoms with van der Waals surface area (Å²) in [5.41, 5.74) is 2.13. The summed E-state index contributed by atoms with van der Waals surface area (Å²) < 4.78 is 5.54. The molecule has 0 aromatic heterocycles. The normalized spacial score (nSPS) is 19.3. The van der Waals surface area contributed by atoms with Gasteiger partial charge in [0.2, 0.25) is 0 Å². The molecule has 2 atom stereocenters. The number of carbonyl (C=O) groups is 1. The second-order valence-electron chi connectivity index (χ2n) is 5.98. The van der Waals surface area contributed by atoms with E-state index < -0.39 is 6.10 Å². The standard InChI is InChI=1S/C20H23NO2/c1-23-19(17-12-6-3-7-13-17)20(22)21-15-9-8-14-18(21)16-10-4-2-5-11-16/h2-7,10-13,18-19H,8-9,14-15H2,1H3/t18-,19-/m0/s1. The summed E-state index contributed by atoms with van der Waals surface area (Å²) in [7, 11) is 1.61. The van der Waals surface area contributed by atoms with Gasteiger partial charge in [-0.15, -0.1) is 0 Å². The lowest BCUT2D eigenvalue weighted by Crippen LogP contribution is -2.41. The summed E-state index contributed by atoms with van der Waals surface area (Å²) in [6, 6.07) is 20.2. The van der Waals surface area contributed by atoms with Crippen LogP contribution in [0.15, 0.2) is 60.7 Å². The van der Waals surface area contributed by atoms with Crippen molar-refractivity contribution in [2.75, 3.05) is 13.7 Å². The largest absolute Gasteiger partial charge is 0.367 e. The lowest BCUT2D eigenvalue weighted by Gasteiger charge is -2.38. The van der Waals surface area contributed by atoms with E-state index in [-0.39, 0.29) is 11.9 Å². The van der Waals surface area contributed by atoms with Crippen molar-refractivity contribution in [3.05, 3.63) is 71.8 Å². The highest BCUT2D eigenvalue weighted by Crippen LogP contribution is 2.33. The molecule has 3 rings (SSSR count). The Hall–Kier alpha value is -2.13. The zero-order chi connectivity index (χ0) is 16.1. The Kier molecular flexibility index (Phi) is 5.09. The summed E-state index contributed by atoms with van der Waals surface area (Å²) in [6.45, 7) is 0.797. The molecule has 0 bridgehead atoms. The van der Waals surface area contributed by atoms with Crippen molar-refractivity contribution >= 4 is 5.91 Å². The maximum atomic E-state index is 13.1. The molecule has 0 saturated carbocycles. The molecular weight excluding hydrogens is 286 g/mol. The molecule has 0 unspecified atom stereocenters. The number of benzene rings is 2. The Balaban J connectivity index is 1.86. The Bertz CT molecular complexity index is 627. The van der Waals surface area contributed by atoms with Crippen molar-refractivity contribution < 1.29 is 9.53 Å². The Morgan fingerprint density at radius 1 is 1.04 bits per heavy atom. The summed E-state index contributed by atoms with van der Waals surface area (Å²) in [5, 5.41) is 0. The Labute approximate surface area is 137 Å². The zero-order valence-electron chi connectivity index (χ0n) is 13.5. The van der Waals surface area contributed by atoms with Crippen molar-refractivity contribution in [1.82, 2.24) is 4.90 Å². The van der Waals surface area contributed by atoms with Crippen LogP contribution in [0.3, 0.4) is 0 Å². The molecule has 1 aliphatic rings. The summed E-state index contributed by atoms with van der Waals surface area (Å²) in [6.07, 6.45) is 2.70. The van der Waals surface area contributed by atoms with Crippen molar-refractivity contribution in [2.24, 2.45) is 0 Å². The Morgan fingerprint density at radius 3 is 2.35 bits per heavy atom. The van der Waals surface area contributed by atoms with E-state index >= 15 is 0 Å². The number of methoxy groups -OCH3 is 1. The first kappa shape index (κ1) is 15.8. The summed E-state index contributed by atoms with van der Waals surface area (Å²) in [5.74, 6) is 0.0623. The molecule has 1 heterocycles. The van der Waals surface area contributed by atoms with Crippen molar-refractivity contribution in [2.45, 2.75) is 31.4 Å². The van der Waals surface area contributed by atoms with Crippen LogP contribution < -0.4 is 0 Å². The SMILES string of the molecule is CO[C@H](C(=O)N1CCCC[C@H]1c1ccccc1)c1ccccc1. The van der Waals surface area contributed by atoms with Crippen LogP contribution in [-0.4, -0.2) is 24.5 Å². The molecule has 1 fully saturated rings. The van der Waals surface area contributed by atoms with Gasteiger partial charge in [-0.05, 0) is 30.4 Å². The first-order valence-corrected chi connectivity index (χ1v) is 8.24. The van der Waals surface area contributed by atoms with Gasteiger partial charge in [0.1, 0.15) is 0 Å². The predicted molar refractivity (Wildman–Crippen MR) is 90.9 cm³/mol. The van der Waals surface area contributed by atoms with E-state index in [1.165, 1.54) is 5.56 Å². The monoisotopic (exact) mass is 309 g/mol. The van der Waals surface area contributed by atoms with Crippen molar-refractivity contribution in [1.29, 1.82) is 0 Å². The molecule has 2 aromatic carbocycles. The van der Waals surface area contributed by atoms with Crippen molar-refractivity contribution in [3.8, 4) is 0 Å². The van der Waals surface area contributed by atoms with Gasteiger partial charge in [-0.2, -0.15) is 0 Å². The number of nitrogens with zero attached hydrogens (tertiary/aromatic N) is 1. The second-order valence-corrected chi connectivity index (χ2v) is 5.98. The van der Waals surface area contributed by atoms with Gasteiger partial charge < -0.3 is 9.64 Å². The van der Waals surface area contributed by atoms with Gasteiger partial charge in [0.05, 0.1) is 6.04 Å². The first-order chi connectivity index (χ1) is 11.3. The third-order valence-corrected chi connectivity index (χ3v) is 4.53. The van der Waals surface area contributed by atoms with Gasteiger partial charge in [0.15, 0.2) is 6.10 Å². The third-order valence-electron chi connectivity index (χ3n) is 4.53. The topological polar surface area (TPSA) is 29.5 Å². The van der Waals surface area contributed by atoms with Crippen LogP contribution in [0, 0.1) is 0 Å². The number of piperidine rings is 1. The fourth-order valence-electron chi connectivity index (χ4n) is 3.38. The summed E-state index contributed by atoms with van der Waals surface area (Å²) in [4.78, 5) is 15.1. The molecule has 3 nitrogen and oxygen atoms in total. The van der Waals surface area contributed by atoms with Gasteiger partial charge in [-0.1, -0.05) is 60.7 Å². The minimum atomic E-state index is -0.527. The molecule has 1 amide bonds. The van der Waals surface area contributed by atoms with E-state index in [0.29, 0.717) is 0 Å². The lowest BCUT2D eigenvalue weighted by atomic mass is 9.94. The second kappa shape index (κ2) is 7.42. The van der Waals surface area contributed by atoms with E-state index in [2.05, 4.69) is 12.1 Å². The lowest BCUT2D eigenvalue weighted by molar-refractivity contribution is -0.146. The van der Waals surface area contributed by atoms with E-state index in [4.69, 9.17) is 4.74 Å². The van der Waals surface area contributed by atoms with Crippen LogP contribution in [0.4, 0.5) is 0 Å². The van der Waals surface area contributed by atoms with Gasteiger partial charge in [-0.25, -0.2) is 0 Å². The van der Waals surface area contributed by atoms with Gasteiger partial charge >= 0.3 is 0 Å². The number of hydrogen-bond donors (Lipinski definition) is 0. The quantitative estimate of drug-likeness (QED) is 0.850. The highest BCUT2D eigenvalue weighted by molar-refractivity contribution is 5.83. The van der Waals surface area contributed by atoms with Crippen LogP contribution in [-0.2, 0) is 9.53 Å². The molecule has 0 spiro atoms. The smallest absolute Gasteiger partial charge is 0.256 e. The van der Waals surface area contributed by atoms with Crippen LogP contribution in [0.1, 0.15) is 42.5 Å². The molecule has 2 aromatic rings. The fourth-order valence-corrected chi connectivity index (χ4v) is 3.38. The maximum absolute atomic E-state index is 13.1. The first-order valence-electron chi connectivity index (χ1n) is 8.24. The highest BCUT2D eigenvalue weighted by Gasteiger charge is 2.33. The molecule has 120 valence electrons. The predicted octanol–water partition coefficient (Wildman–Crippen LogP) is 4.13. The minimum absolute atomic E-state index is 0.0623. The molecule has 0 N–H and O–H groups in total. The van der Waals surface area contributed by atoms with E-state index in [1.54, 1.807) is 7.11 Å².